The van der Waals surface area contributed by atoms with E-state index in [0.717, 1.165) is 0 Å². The predicted octanol–water partition coefficient (Wildman–Crippen LogP) is 6.30. The van der Waals surface area contributed by atoms with Crippen molar-refractivity contribution in [2.45, 2.75) is 85.0 Å². The Balaban J connectivity index is 3.90. The highest BCUT2D eigenvalue weighted by atomic mass is 32.2. The molecule has 0 N–H and O–H groups in total. The Morgan fingerprint density at radius 1 is 0.765 bits per heavy atom. The number of rotatable bonds is 12. The largest absolute Gasteiger partial charge is 0.165 e. The first-order valence-electron chi connectivity index (χ1n) is 7.67. The predicted molar refractivity (Wildman–Crippen MR) is 84.0 cm³/mol. The summed E-state index contributed by atoms with van der Waals surface area (Å²) in [7, 11) is 0. The molecule has 0 aromatic rings. The maximum Gasteiger partial charge on any atom is -0.00701 e. The topological polar surface area (TPSA) is 0 Å². The van der Waals surface area contributed by atoms with Crippen molar-refractivity contribution in [1.82, 2.24) is 0 Å². The Kier molecular flexibility index (Phi) is 11.7. The average Bonchev–Trinajstić information content (AvgIpc) is 2.33. The highest BCUT2D eigenvalue weighted by Crippen LogP contribution is 2.36. The minimum Gasteiger partial charge on any atom is -0.165 e. The molecule has 17 heavy (non-hydrogen) atoms. The van der Waals surface area contributed by atoms with Crippen molar-refractivity contribution in [1.29, 1.82) is 0 Å². The molecule has 104 valence electrons. The SMILES string of the molecule is CCCCCCC(C)(CCCC)CCCSC. The van der Waals surface area contributed by atoms with Crippen LogP contribution >= 0.6 is 11.8 Å². The molecule has 0 radical (unpaired) electrons. The normalized spacial score (nSPS) is 14.8. The minimum absolute atomic E-state index is 0.638. The van der Waals surface area contributed by atoms with Gasteiger partial charge in [-0.05, 0) is 43.1 Å². The molecule has 0 aliphatic carbocycles. The molecule has 0 heterocycles. The Labute approximate surface area is 114 Å². The van der Waals surface area contributed by atoms with Gasteiger partial charge in [0.05, 0.1) is 0 Å². The van der Waals surface area contributed by atoms with Gasteiger partial charge in [-0.1, -0.05) is 59.3 Å². The van der Waals surface area contributed by atoms with Crippen LogP contribution in [-0.2, 0) is 0 Å². The molecule has 0 rings (SSSR count). The molecule has 0 saturated carbocycles. The quantitative estimate of drug-likeness (QED) is 0.370. The second-order valence-electron chi connectivity index (χ2n) is 5.82. The van der Waals surface area contributed by atoms with Crippen molar-refractivity contribution in [3.8, 4) is 0 Å². The van der Waals surface area contributed by atoms with E-state index in [1.165, 1.54) is 70.0 Å². The average molecular weight is 259 g/mol. The fourth-order valence-electron chi connectivity index (χ4n) is 2.60. The van der Waals surface area contributed by atoms with Crippen molar-refractivity contribution in [2.75, 3.05) is 12.0 Å². The maximum absolute atomic E-state index is 2.54. The van der Waals surface area contributed by atoms with Crippen molar-refractivity contribution in [3.63, 3.8) is 0 Å². The van der Waals surface area contributed by atoms with Crippen LogP contribution in [0.15, 0.2) is 0 Å². The van der Waals surface area contributed by atoms with Gasteiger partial charge in [0, 0.05) is 0 Å². The van der Waals surface area contributed by atoms with Crippen molar-refractivity contribution in [2.24, 2.45) is 5.41 Å². The van der Waals surface area contributed by atoms with E-state index in [-0.39, 0.29) is 0 Å². The second kappa shape index (κ2) is 11.4. The number of thioether (sulfide) groups is 1. The monoisotopic (exact) mass is 258 g/mol. The zero-order valence-corrected chi connectivity index (χ0v) is 13.5. The van der Waals surface area contributed by atoms with Gasteiger partial charge in [-0.15, -0.1) is 0 Å². The summed E-state index contributed by atoms with van der Waals surface area (Å²) in [5, 5.41) is 0. The van der Waals surface area contributed by atoms with Crippen LogP contribution in [0.3, 0.4) is 0 Å². The van der Waals surface area contributed by atoms with Crippen LogP contribution in [0.25, 0.3) is 0 Å². The van der Waals surface area contributed by atoms with Gasteiger partial charge >= 0.3 is 0 Å². The fourth-order valence-corrected chi connectivity index (χ4v) is 3.03. The van der Waals surface area contributed by atoms with Gasteiger partial charge in [0.2, 0.25) is 0 Å². The highest BCUT2D eigenvalue weighted by molar-refractivity contribution is 7.98. The second-order valence-corrected chi connectivity index (χ2v) is 6.81. The van der Waals surface area contributed by atoms with Crippen molar-refractivity contribution >= 4 is 11.8 Å². The first kappa shape index (κ1) is 17.4. The number of hydrogen-bond acceptors (Lipinski definition) is 1. The molecule has 0 nitrogen and oxygen atoms in total. The van der Waals surface area contributed by atoms with Crippen LogP contribution in [0.2, 0.25) is 0 Å². The molecule has 1 unspecified atom stereocenters. The summed E-state index contributed by atoms with van der Waals surface area (Å²) < 4.78 is 0. The van der Waals surface area contributed by atoms with E-state index in [9.17, 15) is 0 Å². The third-order valence-corrected chi connectivity index (χ3v) is 4.59. The van der Waals surface area contributed by atoms with Crippen LogP contribution < -0.4 is 0 Å². The Hall–Kier alpha value is 0.350. The van der Waals surface area contributed by atoms with Crippen LogP contribution in [0.1, 0.15) is 85.0 Å². The van der Waals surface area contributed by atoms with E-state index in [1.54, 1.807) is 0 Å². The lowest BCUT2D eigenvalue weighted by Crippen LogP contribution is -2.17. The van der Waals surface area contributed by atoms with Gasteiger partial charge in [-0.3, -0.25) is 0 Å². The van der Waals surface area contributed by atoms with Crippen LogP contribution in [-0.4, -0.2) is 12.0 Å². The Bertz CT molecular complexity index is 156. The molecule has 0 aliphatic heterocycles. The molecular formula is C16H34S. The Morgan fingerprint density at radius 3 is 1.94 bits per heavy atom. The lowest BCUT2D eigenvalue weighted by Gasteiger charge is -2.30. The molecule has 0 aliphatic rings. The van der Waals surface area contributed by atoms with Crippen LogP contribution in [0.5, 0.6) is 0 Å². The van der Waals surface area contributed by atoms with E-state index in [0.29, 0.717) is 5.41 Å². The van der Waals surface area contributed by atoms with Gasteiger partial charge in [0.1, 0.15) is 0 Å². The van der Waals surface area contributed by atoms with Crippen molar-refractivity contribution in [3.05, 3.63) is 0 Å². The molecule has 1 atom stereocenters. The van der Waals surface area contributed by atoms with Gasteiger partial charge in [0.25, 0.3) is 0 Å². The maximum atomic E-state index is 2.54. The molecule has 0 amide bonds. The van der Waals surface area contributed by atoms with Gasteiger partial charge in [-0.2, -0.15) is 11.8 Å². The first-order valence-corrected chi connectivity index (χ1v) is 9.07. The molecule has 0 aromatic carbocycles. The third kappa shape index (κ3) is 10.00. The zero-order valence-electron chi connectivity index (χ0n) is 12.7. The first-order chi connectivity index (χ1) is 8.18. The summed E-state index contributed by atoms with van der Waals surface area (Å²) in [5.41, 5.74) is 0.638. The van der Waals surface area contributed by atoms with E-state index < -0.39 is 0 Å². The molecule has 0 spiro atoms. The van der Waals surface area contributed by atoms with Crippen LogP contribution in [0.4, 0.5) is 0 Å². The number of unbranched alkanes of at least 4 members (excludes halogenated alkanes) is 4. The summed E-state index contributed by atoms with van der Waals surface area (Å²) in [6.07, 6.45) is 16.4. The standard InChI is InChI=1S/C16H34S/c1-5-7-9-10-13-16(3,12-8-6-2)14-11-15-17-4/h5-15H2,1-4H3. The van der Waals surface area contributed by atoms with Gasteiger partial charge in [0.15, 0.2) is 0 Å². The molecule has 1 heteroatoms. The lowest BCUT2D eigenvalue weighted by molar-refractivity contribution is 0.231. The van der Waals surface area contributed by atoms with E-state index >= 15 is 0 Å². The summed E-state index contributed by atoms with van der Waals surface area (Å²) >= 11 is 2.00. The van der Waals surface area contributed by atoms with Crippen molar-refractivity contribution < 1.29 is 0 Å². The summed E-state index contributed by atoms with van der Waals surface area (Å²) in [5.74, 6) is 1.34. The van der Waals surface area contributed by atoms with E-state index in [4.69, 9.17) is 0 Å². The minimum atomic E-state index is 0.638. The van der Waals surface area contributed by atoms with E-state index in [1.807, 2.05) is 11.8 Å². The molecule has 0 fully saturated rings. The van der Waals surface area contributed by atoms with Gasteiger partial charge < -0.3 is 0 Å². The zero-order chi connectivity index (χ0) is 13.0. The smallest absolute Gasteiger partial charge is 0.00701 e. The molecule has 0 aromatic heterocycles. The van der Waals surface area contributed by atoms with Gasteiger partial charge in [-0.25, -0.2) is 0 Å². The summed E-state index contributed by atoms with van der Waals surface area (Å²) in [4.78, 5) is 0. The lowest BCUT2D eigenvalue weighted by atomic mass is 9.76. The van der Waals surface area contributed by atoms with Crippen LogP contribution in [0, 0.1) is 5.41 Å². The summed E-state index contributed by atoms with van der Waals surface area (Å²) in [6, 6.07) is 0. The molecule has 0 bridgehead atoms. The third-order valence-electron chi connectivity index (χ3n) is 3.90. The summed E-state index contributed by atoms with van der Waals surface area (Å²) in [6.45, 7) is 7.16. The molecule has 0 saturated heterocycles. The van der Waals surface area contributed by atoms with E-state index in [2.05, 4.69) is 27.0 Å². The molecular weight excluding hydrogens is 224 g/mol. The highest BCUT2D eigenvalue weighted by Gasteiger charge is 2.22. The number of hydrogen-bond donors (Lipinski definition) is 0. The fraction of sp³-hybridized carbons (Fsp3) is 1.00. The Morgan fingerprint density at radius 2 is 1.35 bits per heavy atom.